The number of nitrogens with zero attached hydrogens (tertiary/aromatic N) is 1. The number of hydrogen-bond donors (Lipinski definition) is 2. The highest BCUT2D eigenvalue weighted by atomic mass is 32.2. The predicted octanol–water partition coefficient (Wildman–Crippen LogP) is -0.900. The first kappa shape index (κ1) is 16.9. The largest absolute Gasteiger partial charge is 0.351 e. The van der Waals surface area contributed by atoms with Gasteiger partial charge in [-0.25, -0.2) is 8.42 Å². The first-order valence-electron chi connectivity index (χ1n) is 7.64. The molecule has 1 aliphatic rings. The number of piperazine rings is 1. The van der Waals surface area contributed by atoms with E-state index in [1.807, 2.05) is 13.8 Å². The van der Waals surface area contributed by atoms with Gasteiger partial charge in [-0.1, -0.05) is 18.2 Å². The number of carbonyl (C=O) groups is 1. The van der Waals surface area contributed by atoms with Crippen molar-refractivity contribution in [2.24, 2.45) is 0 Å². The molecule has 1 amide bonds. The minimum Gasteiger partial charge on any atom is -0.351 e. The molecule has 0 unspecified atom stereocenters. The quantitative estimate of drug-likeness (QED) is 0.737. The van der Waals surface area contributed by atoms with Crippen molar-refractivity contribution in [3.63, 3.8) is 0 Å². The zero-order valence-electron chi connectivity index (χ0n) is 13.1. The van der Waals surface area contributed by atoms with Crippen LogP contribution < -0.4 is 10.2 Å². The average Bonchev–Trinajstić information content (AvgIpc) is 2.55. The summed E-state index contributed by atoms with van der Waals surface area (Å²) in [6.07, 6.45) is 0. The molecule has 0 aliphatic carbocycles. The Balaban J connectivity index is 1.99. The number of rotatable bonds is 5. The lowest BCUT2D eigenvalue weighted by molar-refractivity contribution is -0.917. The Morgan fingerprint density at radius 3 is 2.41 bits per heavy atom. The van der Waals surface area contributed by atoms with Gasteiger partial charge >= 0.3 is 0 Å². The molecule has 0 saturated carbocycles. The van der Waals surface area contributed by atoms with E-state index >= 15 is 0 Å². The summed E-state index contributed by atoms with van der Waals surface area (Å²) >= 11 is 0. The number of quaternary nitrogens is 1. The summed E-state index contributed by atoms with van der Waals surface area (Å²) in [4.78, 5) is 13.3. The first-order chi connectivity index (χ1) is 10.5. The maximum atomic E-state index is 12.5. The van der Waals surface area contributed by atoms with Crippen molar-refractivity contribution in [3.8, 4) is 0 Å². The molecule has 22 heavy (non-hydrogen) atoms. The Labute approximate surface area is 132 Å². The highest BCUT2D eigenvalue weighted by Crippen LogP contribution is 2.14. The second-order valence-corrected chi connectivity index (χ2v) is 7.43. The summed E-state index contributed by atoms with van der Waals surface area (Å²) in [6.45, 7) is 6.57. The minimum absolute atomic E-state index is 0.0249. The van der Waals surface area contributed by atoms with Crippen LogP contribution in [0.4, 0.5) is 0 Å². The van der Waals surface area contributed by atoms with Gasteiger partial charge in [0, 0.05) is 6.54 Å². The third-order valence-corrected chi connectivity index (χ3v) is 6.02. The van der Waals surface area contributed by atoms with E-state index in [-0.39, 0.29) is 11.9 Å². The summed E-state index contributed by atoms with van der Waals surface area (Å²) in [6, 6.07) is 8.34. The van der Waals surface area contributed by atoms with Gasteiger partial charge in [-0.2, -0.15) is 4.31 Å². The Morgan fingerprint density at radius 2 is 1.86 bits per heavy atom. The summed E-state index contributed by atoms with van der Waals surface area (Å²) in [5, 5.41) is 2.82. The van der Waals surface area contributed by atoms with Crippen molar-refractivity contribution in [1.29, 1.82) is 0 Å². The van der Waals surface area contributed by atoms with Crippen LogP contribution in [-0.4, -0.2) is 57.4 Å². The van der Waals surface area contributed by atoms with E-state index in [0.717, 1.165) is 4.90 Å². The molecular weight excluding hydrogens is 302 g/mol. The van der Waals surface area contributed by atoms with Crippen molar-refractivity contribution < 1.29 is 18.1 Å². The molecule has 7 heteroatoms. The van der Waals surface area contributed by atoms with Gasteiger partial charge in [0.2, 0.25) is 10.0 Å². The van der Waals surface area contributed by atoms with Gasteiger partial charge in [0.1, 0.15) is 0 Å². The van der Waals surface area contributed by atoms with Crippen LogP contribution >= 0.6 is 0 Å². The molecule has 1 heterocycles. The number of sulfonamides is 1. The number of carbonyl (C=O) groups excluding carboxylic acids is 1. The highest BCUT2D eigenvalue weighted by Gasteiger charge is 2.34. The monoisotopic (exact) mass is 326 g/mol. The Kier molecular flexibility index (Phi) is 5.55. The van der Waals surface area contributed by atoms with Crippen LogP contribution in [0.15, 0.2) is 35.2 Å². The molecule has 6 nitrogen and oxygen atoms in total. The third-order valence-electron chi connectivity index (χ3n) is 4.10. The van der Waals surface area contributed by atoms with Gasteiger partial charge in [-0.15, -0.1) is 0 Å². The molecule has 1 saturated heterocycles. The molecule has 122 valence electrons. The number of nitrogens with one attached hydrogen (secondary N) is 2. The van der Waals surface area contributed by atoms with Crippen LogP contribution in [0.25, 0.3) is 0 Å². The smallest absolute Gasteiger partial charge is 0.278 e. The highest BCUT2D eigenvalue weighted by molar-refractivity contribution is 7.89. The second kappa shape index (κ2) is 7.21. The molecule has 0 radical (unpaired) electrons. The third kappa shape index (κ3) is 3.66. The molecule has 1 fully saturated rings. The van der Waals surface area contributed by atoms with Crippen molar-refractivity contribution in [3.05, 3.63) is 30.3 Å². The molecule has 2 rings (SSSR count). The number of amides is 1. The van der Waals surface area contributed by atoms with Gasteiger partial charge in [-0.3, -0.25) is 4.79 Å². The normalized spacial score (nSPS) is 18.8. The number of likely N-dealkylation sites (N-methyl/N-ethyl adjacent to an activating group) is 1. The Morgan fingerprint density at radius 1 is 1.27 bits per heavy atom. The summed E-state index contributed by atoms with van der Waals surface area (Å²) in [5.74, 6) is 0.0249. The lowest BCUT2D eigenvalue weighted by atomic mass is 10.2. The van der Waals surface area contributed by atoms with E-state index < -0.39 is 10.0 Å². The fraction of sp³-hybridized carbons (Fsp3) is 0.533. The summed E-state index contributed by atoms with van der Waals surface area (Å²) in [7, 11) is -3.42. The predicted molar refractivity (Wildman–Crippen MR) is 84.0 cm³/mol. The molecular formula is C15H24N3O3S+. The Bertz CT molecular complexity index is 596. The van der Waals surface area contributed by atoms with Crippen molar-refractivity contribution in [2.45, 2.75) is 24.8 Å². The van der Waals surface area contributed by atoms with E-state index in [1.54, 1.807) is 30.3 Å². The van der Waals surface area contributed by atoms with Crippen LogP contribution in [0.3, 0.4) is 0 Å². The van der Waals surface area contributed by atoms with Crippen molar-refractivity contribution >= 4 is 15.9 Å². The zero-order valence-corrected chi connectivity index (χ0v) is 13.9. The van der Waals surface area contributed by atoms with Gasteiger partial charge in [0.25, 0.3) is 5.91 Å². The van der Waals surface area contributed by atoms with Gasteiger partial charge < -0.3 is 10.2 Å². The Hall–Kier alpha value is -1.44. The molecule has 1 atom stereocenters. The second-order valence-electron chi connectivity index (χ2n) is 5.49. The number of benzene rings is 1. The minimum atomic E-state index is -3.42. The maximum Gasteiger partial charge on any atom is 0.278 e. The van der Waals surface area contributed by atoms with Gasteiger partial charge in [0.15, 0.2) is 6.04 Å². The van der Waals surface area contributed by atoms with E-state index in [9.17, 15) is 13.2 Å². The van der Waals surface area contributed by atoms with Crippen molar-refractivity contribution in [2.75, 3.05) is 32.7 Å². The first-order valence-corrected chi connectivity index (χ1v) is 9.08. The lowest BCUT2D eigenvalue weighted by Gasteiger charge is -2.34. The molecule has 1 aliphatic heterocycles. The fourth-order valence-electron chi connectivity index (χ4n) is 2.70. The molecule has 1 aromatic rings. The van der Waals surface area contributed by atoms with E-state index in [1.165, 1.54) is 4.31 Å². The van der Waals surface area contributed by atoms with Gasteiger partial charge in [0.05, 0.1) is 31.1 Å². The SMILES string of the molecule is CCNC(=O)[C@@H](C)[NH+]1CCN(S(=O)(=O)c2ccccc2)CC1. The summed E-state index contributed by atoms with van der Waals surface area (Å²) < 4.78 is 26.6. The zero-order chi connectivity index (χ0) is 16.2. The fourth-order valence-corrected chi connectivity index (χ4v) is 4.16. The maximum absolute atomic E-state index is 12.5. The van der Waals surface area contributed by atoms with E-state index in [4.69, 9.17) is 0 Å². The van der Waals surface area contributed by atoms with Crippen LogP contribution in [0.1, 0.15) is 13.8 Å². The van der Waals surface area contributed by atoms with Crippen molar-refractivity contribution in [1.82, 2.24) is 9.62 Å². The number of hydrogen-bond acceptors (Lipinski definition) is 3. The van der Waals surface area contributed by atoms with Crippen LogP contribution in [0.5, 0.6) is 0 Å². The van der Waals surface area contributed by atoms with Gasteiger partial charge in [-0.05, 0) is 26.0 Å². The average molecular weight is 326 g/mol. The molecule has 0 spiro atoms. The standard InChI is InChI=1S/C15H23N3O3S/c1-3-16-15(19)13(2)17-9-11-18(12-10-17)22(20,21)14-7-5-4-6-8-14/h4-8,13H,3,9-12H2,1-2H3,(H,16,19)/p+1/t13-/m1/s1. The molecule has 1 aromatic carbocycles. The molecule has 2 N–H and O–H groups in total. The van der Waals surface area contributed by atoms with Crippen LogP contribution in [0.2, 0.25) is 0 Å². The molecule has 0 aromatic heterocycles. The van der Waals surface area contributed by atoms with Crippen LogP contribution in [-0.2, 0) is 14.8 Å². The lowest BCUT2D eigenvalue weighted by Crippen LogP contribution is -3.19. The molecule has 0 bridgehead atoms. The van der Waals surface area contributed by atoms with E-state index in [0.29, 0.717) is 37.6 Å². The summed E-state index contributed by atoms with van der Waals surface area (Å²) in [5.41, 5.74) is 0. The topological polar surface area (TPSA) is 70.9 Å². The van der Waals surface area contributed by atoms with E-state index in [2.05, 4.69) is 5.32 Å². The van der Waals surface area contributed by atoms with Crippen LogP contribution in [0, 0.1) is 0 Å².